The third-order valence-electron chi connectivity index (χ3n) is 9.79. The topological polar surface area (TPSA) is 522 Å². The van der Waals surface area contributed by atoms with Crippen LogP contribution < -0.4 is 60.2 Å². The van der Waals surface area contributed by atoms with Crippen LogP contribution in [-0.2, 0) is 57.0 Å². The molecule has 21 N–H and O–H groups in total. The number of likely N-dealkylation sites (tertiary alicyclic amines) is 1. The van der Waals surface area contributed by atoms with Gasteiger partial charge in [0.25, 0.3) is 0 Å². The Balaban J connectivity index is 3.20. The van der Waals surface area contributed by atoms with E-state index in [1.807, 2.05) is 10.6 Å². The molecule has 1 aliphatic rings. The summed E-state index contributed by atoms with van der Waals surface area (Å²) in [5, 5.41) is 53.8. The summed E-state index contributed by atoms with van der Waals surface area (Å²) >= 11 is 0. The molecule has 0 aromatic carbocycles. The van der Waals surface area contributed by atoms with Crippen molar-refractivity contribution < 1.29 is 87.2 Å². The second-order valence-corrected chi connectivity index (χ2v) is 16.4. The van der Waals surface area contributed by atoms with Gasteiger partial charge in [0.15, 0.2) is 5.96 Å². The number of carboxylic acids is 1. The van der Waals surface area contributed by atoms with Crippen molar-refractivity contribution in [3.8, 4) is 0 Å². The van der Waals surface area contributed by atoms with Crippen molar-refractivity contribution in [3.05, 3.63) is 0 Å². The maximum absolute atomic E-state index is 13.5. The van der Waals surface area contributed by atoms with Crippen LogP contribution >= 0.6 is 7.82 Å². The van der Waals surface area contributed by atoms with E-state index >= 15 is 0 Å². The molecule has 1 fully saturated rings. The predicted molar refractivity (Wildman–Crippen MR) is 232 cm³/mol. The van der Waals surface area contributed by atoms with E-state index in [9.17, 15) is 82.7 Å². The lowest BCUT2D eigenvalue weighted by molar-refractivity contribution is -0.142. The minimum absolute atomic E-state index is 0.00405. The van der Waals surface area contributed by atoms with E-state index in [4.69, 9.17) is 22.9 Å². The van der Waals surface area contributed by atoms with Gasteiger partial charge in [-0.2, -0.15) is 0 Å². The van der Waals surface area contributed by atoms with Crippen molar-refractivity contribution in [3.63, 3.8) is 0 Å². The van der Waals surface area contributed by atoms with Crippen LogP contribution in [0.15, 0.2) is 4.99 Å². The number of carbonyl (C=O) groups is 10. The van der Waals surface area contributed by atoms with Crippen molar-refractivity contribution in [1.29, 1.82) is 0 Å². The standard InChI is InChI=1S/C36H64N13O18P/c37-10-2-1-5-20(38)29(57)45-21(6-3-11-41-36(39)40)31(59)47-23(16-52)33(61)46-22(8-9-28(55)56)32(60)48-25(18-67-68(64,65)66)30(58)42-13-27(54)44-24(17-53)35(63)49-12-4-7-26(49)34(62)43-19(14-50)15-51/h14,19-26,51-53H,1-13,15-18,37-38H2,(H,42,58)(H,43,62)(H,44,54)(H,45,57)(H,46,61)(H,47,59)(H,48,60)(H,55,56)(H4,39,40,41)(H2,64,65,66)/t19-,20+,21+,22+,23+,24+,25+,26+/m1/s1. The Morgan fingerprint density at radius 2 is 1.34 bits per heavy atom. The molecule has 0 aliphatic carbocycles. The summed E-state index contributed by atoms with van der Waals surface area (Å²) in [7, 11) is -5.37. The summed E-state index contributed by atoms with van der Waals surface area (Å²) in [6, 6.07) is -12.4. The number of hydrogen-bond donors (Lipinski definition) is 17. The van der Waals surface area contributed by atoms with Crippen LogP contribution in [0.25, 0.3) is 0 Å². The molecule has 0 bridgehead atoms. The second kappa shape index (κ2) is 31.2. The van der Waals surface area contributed by atoms with E-state index in [1.165, 1.54) is 0 Å². The number of amides is 8. The normalized spacial score (nSPS) is 16.5. The highest BCUT2D eigenvalue weighted by Crippen LogP contribution is 2.35. The van der Waals surface area contributed by atoms with Crippen molar-refractivity contribution in [2.45, 2.75) is 106 Å². The van der Waals surface area contributed by atoms with Gasteiger partial charge in [-0.05, 0) is 51.5 Å². The first kappa shape index (κ1) is 60.1. The molecule has 32 heteroatoms. The first-order valence-electron chi connectivity index (χ1n) is 21.1. The minimum atomic E-state index is -5.37. The number of aldehydes is 1. The average Bonchev–Trinajstić information content (AvgIpc) is 3.79. The fraction of sp³-hybridized carbons (Fsp3) is 0.694. The van der Waals surface area contributed by atoms with Crippen LogP contribution in [0.2, 0.25) is 0 Å². The Labute approximate surface area is 388 Å². The first-order chi connectivity index (χ1) is 32.0. The van der Waals surface area contributed by atoms with E-state index in [0.717, 1.165) is 4.90 Å². The number of nitrogens with one attached hydrogen (secondary N) is 7. The van der Waals surface area contributed by atoms with Crippen LogP contribution in [0.4, 0.5) is 0 Å². The molecule has 0 aromatic heterocycles. The van der Waals surface area contributed by atoms with Gasteiger partial charge in [0.05, 0.1) is 39.0 Å². The average molecular weight is 998 g/mol. The molecule has 31 nitrogen and oxygen atoms in total. The zero-order chi connectivity index (χ0) is 51.6. The maximum Gasteiger partial charge on any atom is 0.469 e. The Kier molecular flexibility index (Phi) is 27.6. The Bertz CT molecular complexity index is 1820. The lowest BCUT2D eigenvalue weighted by Gasteiger charge is -2.28. The van der Waals surface area contributed by atoms with Gasteiger partial charge >= 0.3 is 13.8 Å². The second-order valence-electron chi connectivity index (χ2n) is 15.1. The number of rotatable bonds is 33. The number of unbranched alkanes of at least 4 members (excludes halogenated alkanes) is 1. The fourth-order valence-electron chi connectivity index (χ4n) is 6.22. The van der Waals surface area contributed by atoms with Crippen LogP contribution in [0, 0.1) is 0 Å². The first-order valence-corrected chi connectivity index (χ1v) is 22.6. The quantitative estimate of drug-likeness (QED) is 0.00954. The summed E-state index contributed by atoms with van der Waals surface area (Å²) in [5.41, 5.74) is 22.1. The van der Waals surface area contributed by atoms with Crippen molar-refractivity contribution in [2.24, 2.45) is 27.9 Å². The number of aliphatic carboxylic acids is 1. The summed E-state index contributed by atoms with van der Waals surface area (Å²) < 4.78 is 15.9. The number of carboxylic acid groups (broad SMARTS) is 1. The van der Waals surface area contributed by atoms with Gasteiger partial charge in [0, 0.05) is 19.5 Å². The predicted octanol–water partition coefficient (Wildman–Crippen LogP) is -9.34. The highest BCUT2D eigenvalue weighted by Gasteiger charge is 2.39. The van der Waals surface area contributed by atoms with E-state index in [2.05, 4.69) is 36.1 Å². The summed E-state index contributed by atoms with van der Waals surface area (Å²) in [4.78, 5) is 151. The molecule has 0 unspecified atom stereocenters. The van der Waals surface area contributed by atoms with Crippen molar-refractivity contribution in [2.75, 3.05) is 52.6 Å². The molecule has 8 atom stereocenters. The van der Waals surface area contributed by atoms with Crippen LogP contribution in [0.3, 0.4) is 0 Å². The molecule has 0 radical (unpaired) electrons. The van der Waals surface area contributed by atoms with Gasteiger partial charge in [0.1, 0.15) is 48.6 Å². The smallest absolute Gasteiger partial charge is 0.469 e. The highest BCUT2D eigenvalue weighted by atomic mass is 31.2. The number of hydrogen-bond acceptors (Lipinski definition) is 18. The number of aliphatic hydroxyl groups is 3. The van der Waals surface area contributed by atoms with E-state index < -0.39 is 155 Å². The van der Waals surface area contributed by atoms with Crippen molar-refractivity contribution in [1.82, 2.24) is 42.1 Å². The molecule has 68 heavy (non-hydrogen) atoms. The molecule has 1 saturated heterocycles. The molecule has 8 amide bonds. The summed E-state index contributed by atoms with van der Waals surface area (Å²) in [5.74, 6) is -10.4. The van der Waals surface area contributed by atoms with Gasteiger partial charge in [-0.3, -0.25) is 52.7 Å². The zero-order valence-electron chi connectivity index (χ0n) is 37.0. The van der Waals surface area contributed by atoms with Crippen LogP contribution in [0.5, 0.6) is 0 Å². The lowest BCUT2D eigenvalue weighted by Crippen LogP contribution is -2.60. The summed E-state index contributed by atoms with van der Waals surface area (Å²) in [6.45, 7) is -4.77. The number of carbonyl (C=O) groups excluding carboxylic acids is 9. The van der Waals surface area contributed by atoms with E-state index in [0.29, 0.717) is 25.8 Å². The van der Waals surface area contributed by atoms with Gasteiger partial charge < -0.3 is 100 Å². The van der Waals surface area contributed by atoms with Crippen molar-refractivity contribution >= 4 is 73.3 Å². The number of nitrogens with two attached hydrogens (primary N) is 4. The molecule has 1 rings (SSSR count). The SMILES string of the molecule is NCCCC[C@H](N)C(=O)N[C@@H](CCCN=C(N)N)C(=O)N[C@@H](CO)C(=O)N[C@@H](CCC(=O)O)C(=O)N[C@@H](COP(=O)(O)O)C(=O)NCC(=O)N[C@@H](CO)C(=O)N1CCC[C@H]1C(=O)N[C@H](C=O)CO. The number of phosphoric acid groups is 1. The fourth-order valence-corrected chi connectivity index (χ4v) is 6.56. The Morgan fingerprint density at radius 1 is 0.750 bits per heavy atom. The Morgan fingerprint density at radius 3 is 1.90 bits per heavy atom. The number of guanidine groups is 1. The molecule has 0 aromatic rings. The number of aliphatic imine (C=N–C) groups is 1. The van der Waals surface area contributed by atoms with Gasteiger partial charge in [-0.25, -0.2) is 4.57 Å². The molecule has 0 saturated carbocycles. The van der Waals surface area contributed by atoms with E-state index in [1.54, 1.807) is 0 Å². The number of aliphatic hydroxyl groups excluding tert-OH is 3. The monoisotopic (exact) mass is 997 g/mol. The molecule has 1 heterocycles. The number of phosphoric ester groups is 1. The van der Waals surface area contributed by atoms with Crippen LogP contribution in [-0.4, -0.2) is 202 Å². The van der Waals surface area contributed by atoms with Gasteiger partial charge in [0.2, 0.25) is 47.3 Å². The molecular weight excluding hydrogens is 933 g/mol. The maximum atomic E-state index is 13.5. The number of nitrogens with zero attached hydrogens (tertiary/aromatic N) is 2. The highest BCUT2D eigenvalue weighted by molar-refractivity contribution is 7.46. The molecule has 1 aliphatic heterocycles. The summed E-state index contributed by atoms with van der Waals surface area (Å²) in [6.07, 6.45) is 0.507. The van der Waals surface area contributed by atoms with Gasteiger partial charge in [-0.15, -0.1) is 0 Å². The third-order valence-corrected chi connectivity index (χ3v) is 10.3. The third kappa shape index (κ3) is 22.7. The Hall–Kier alpha value is -5.92. The van der Waals surface area contributed by atoms with E-state index in [-0.39, 0.29) is 51.0 Å². The minimum Gasteiger partial charge on any atom is -0.481 e. The zero-order valence-corrected chi connectivity index (χ0v) is 37.8. The molecule has 0 spiro atoms. The largest absolute Gasteiger partial charge is 0.481 e. The van der Waals surface area contributed by atoms with Crippen LogP contribution in [0.1, 0.15) is 57.8 Å². The lowest BCUT2D eigenvalue weighted by atomic mass is 10.1. The van der Waals surface area contributed by atoms with Gasteiger partial charge in [-0.1, -0.05) is 6.42 Å². The molecule has 386 valence electrons. The molecular formula is C36H64N13O18P.